The van der Waals surface area contributed by atoms with Crippen LogP contribution in [0.5, 0.6) is 0 Å². The Morgan fingerprint density at radius 3 is 2.07 bits per heavy atom. The summed E-state index contributed by atoms with van der Waals surface area (Å²) in [6.07, 6.45) is 5.90. The Bertz CT molecular complexity index is 320. The van der Waals surface area contributed by atoms with Gasteiger partial charge in [-0.2, -0.15) is 0 Å². The number of aliphatic imine (C=N–C) groups is 1. The van der Waals surface area contributed by atoms with Crippen LogP contribution in [0.3, 0.4) is 0 Å². The van der Waals surface area contributed by atoms with Gasteiger partial charge < -0.3 is 0 Å². The van der Waals surface area contributed by atoms with Crippen LogP contribution in [0, 0.1) is 10.8 Å². The van der Waals surface area contributed by atoms with Crippen LogP contribution in [-0.2, 0) is 0 Å². The number of hydrogen-bond acceptors (Lipinski definition) is 1. The summed E-state index contributed by atoms with van der Waals surface area (Å²) in [7, 11) is 0. The van der Waals surface area contributed by atoms with Crippen LogP contribution < -0.4 is 0 Å². The van der Waals surface area contributed by atoms with Gasteiger partial charge in [-0.05, 0) is 17.8 Å². The van der Waals surface area contributed by atoms with Crippen molar-refractivity contribution in [1.29, 1.82) is 0 Å². The van der Waals surface area contributed by atoms with Gasteiger partial charge in [0.2, 0.25) is 0 Å². The lowest BCUT2D eigenvalue weighted by molar-refractivity contribution is 0.177. The SMILES string of the molecule is CC1=NC=C(B2CC(C)(C)C(C)(C)C2)C1. The van der Waals surface area contributed by atoms with Crippen LogP contribution in [0.2, 0.25) is 12.6 Å². The summed E-state index contributed by atoms with van der Waals surface area (Å²) in [6, 6.07) is 0. The lowest BCUT2D eigenvalue weighted by Gasteiger charge is -2.35. The average molecular weight is 203 g/mol. The van der Waals surface area contributed by atoms with Crippen molar-refractivity contribution < 1.29 is 0 Å². The lowest BCUT2D eigenvalue weighted by atomic mass is 9.41. The van der Waals surface area contributed by atoms with Gasteiger partial charge in [-0.15, -0.1) is 0 Å². The van der Waals surface area contributed by atoms with Crippen LogP contribution in [-0.4, -0.2) is 12.4 Å². The first-order valence-electron chi connectivity index (χ1n) is 6.04. The van der Waals surface area contributed by atoms with Gasteiger partial charge in [-0.1, -0.05) is 45.8 Å². The smallest absolute Gasteiger partial charge is 0.174 e. The standard InChI is InChI=1S/C13H22BN/c1-10-6-11(7-15-10)14-8-12(2,3)13(4,5)9-14/h7H,6,8-9H2,1-5H3. The van der Waals surface area contributed by atoms with Crippen LogP contribution in [0.15, 0.2) is 16.7 Å². The van der Waals surface area contributed by atoms with Crippen molar-refractivity contribution in [3.8, 4) is 0 Å². The zero-order valence-corrected chi connectivity index (χ0v) is 10.7. The van der Waals surface area contributed by atoms with E-state index in [1.165, 1.54) is 18.4 Å². The Kier molecular flexibility index (Phi) is 2.36. The van der Waals surface area contributed by atoms with Crippen molar-refractivity contribution in [2.75, 3.05) is 0 Å². The second-order valence-electron chi connectivity index (χ2n) is 6.62. The van der Waals surface area contributed by atoms with Crippen molar-refractivity contribution in [2.45, 2.75) is 53.7 Å². The molecule has 0 radical (unpaired) electrons. The molecule has 0 aliphatic carbocycles. The topological polar surface area (TPSA) is 12.4 Å². The van der Waals surface area contributed by atoms with Crippen LogP contribution in [0.25, 0.3) is 0 Å². The lowest BCUT2D eigenvalue weighted by Crippen LogP contribution is -2.24. The predicted octanol–water partition coefficient (Wildman–Crippen LogP) is 3.83. The molecule has 1 fully saturated rings. The van der Waals surface area contributed by atoms with E-state index in [-0.39, 0.29) is 0 Å². The maximum Gasteiger partial charge on any atom is 0.174 e. The summed E-state index contributed by atoms with van der Waals surface area (Å²) >= 11 is 0. The molecule has 0 N–H and O–H groups in total. The minimum absolute atomic E-state index is 0.467. The van der Waals surface area contributed by atoms with E-state index in [9.17, 15) is 0 Å². The van der Waals surface area contributed by atoms with Gasteiger partial charge in [0.1, 0.15) is 0 Å². The summed E-state index contributed by atoms with van der Waals surface area (Å²) < 4.78 is 0. The Morgan fingerprint density at radius 1 is 1.13 bits per heavy atom. The molecule has 0 atom stereocenters. The van der Waals surface area contributed by atoms with E-state index in [1.54, 1.807) is 5.47 Å². The Morgan fingerprint density at radius 2 is 1.67 bits per heavy atom. The zero-order chi connectivity index (χ0) is 11.3. The number of rotatable bonds is 1. The minimum atomic E-state index is 0.467. The monoisotopic (exact) mass is 203 g/mol. The van der Waals surface area contributed by atoms with Gasteiger partial charge in [0, 0.05) is 18.3 Å². The molecule has 1 nitrogen and oxygen atoms in total. The number of hydrogen-bond donors (Lipinski definition) is 0. The van der Waals surface area contributed by atoms with Gasteiger partial charge in [0.05, 0.1) is 0 Å². The first-order valence-corrected chi connectivity index (χ1v) is 6.04. The maximum atomic E-state index is 4.41. The van der Waals surface area contributed by atoms with E-state index < -0.39 is 0 Å². The molecule has 0 bridgehead atoms. The van der Waals surface area contributed by atoms with E-state index in [4.69, 9.17) is 0 Å². The largest absolute Gasteiger partial charge is 0.267 e. The molecule has 0 amide bonds. The van der Waals surface area contributed by atoms with Crippen LogP contribution >= 0.6 is 0 Å². The van der Waals surface area contributed by atoms with Crippen LogP contribution in [0.4, 0.5) is 0 Å². The molecule has 2 heteroatoms. The molecule has 2 rings (SSSR count). The molecule has 2 aliphatic heterocycles. The molecular weight excluding hydrogens is 181 g/mol. The van der Waals surface area contributed by atoms with Crippen molar-refractivity contribution in [3.05, 3.63) is 11.7 Å². The normalized spacial score (nSPS) is 27.9. The zero-order valence-electron chi connectivity index (χ0n) is 10.7. The molecule has 0 unspecified atom stereocenters. The second-order valence-corrected chi connectivity index (χ2v) is 6.62. The summed E-state index contributed by atoms with van der Waals surface area (Å²) in [6.45, 7) is 12.6. The highest BCUT2D eigenvalue weighted by Gasteiger charge is 2.48. The molecule has 0 spiro atoms. The molecule has 2 aliphatic rings. The van der Waals surface area contributed by atoms with E-state index in [2.05, 4.69) is 45.8 Å². The molecule has 0 saturated carbocycles. The first kappa shape index (κ1) is 11.0. The molecule has 0 aromatic rings. The molecule has 15 heavy (non-hydrogen) atoms. The summed E-state index contributed by atoms with van der Waals surface area (Å²) in [4.78, 5) is 4.41. The molecule has 1 saturated heterocycles. The number of nitrogens with zero attached hydrogens (tertiary/aromatic N) is 1. The number of allylic oxidation sites excluding steroid dienone is 1. The minimum Gasteiger partial charge on any atom is -0.267 e. The summed E-state index contributed by atoms with van der Waals surface area (Å²) in [5.41, 5.74) is 3.79. The van der Waals surface area contributed by atoms with Crippen molar-refractivity contribution >= 4 is 12.4 Å². The molecule has 0 aromatic carbocycles. The Balaban J connectivity index is 2.11. The van der Waals surface area contributed by atoms with Crippen LogP contribution in [0.1, 0.15) is 41.0 Å². The molecule has 82 valence electrons. The predicted molar refractivity (Wildman–Crippen MR) is 68.7 cm³/mol. The van der Waals surface area contributed by atoms with Gasteiger partial charge in [0.25, 0.3) is 0 Å². The second kappa shape index (κ2) is 3.23. The van der Waals surface area contributed by atoms with E-state index in [0.29, 0.717) is 10.8 Å². The van der Waals surface area contributed by atoms with Crippen molar-refractivity contribution in [3.63, 3.8) is 0 Å². The van der Waals surface area contributed by atoms with Gasteiger partial charge >= 0.3 is 0 Å². The quantitative estimate of drug-likeness (QED) is 0.574. The van der Waals surface area contributed by atoms with Crippen molar-refractivity contribution in [2.24, 2.45) is 15.8 Å². The third kappa shape index (κ3) is 1.79. The summed E-state index contributed by atoms with van der Waals surface area (Å²) in [5, 5.41) is 0. The van der Waals surface area contributed by atoms with Gasteiger partial charge in [0.15, 0.2) is 6.71 Å². The van der Waals surface area contributed by atoms with E-state index in [1.807, 2.05) is 0 Å². The maximum absolute atomic E-state index is 4.41. The van der Waals surface area contributed by atoms with E-state index in [0.717, 1.165) is 13.1 Å². The highest BCUT2D eigenvalue weighted by Crippen LogP contribution is 2.54. The van der Waals surface area contributed by atoms with Gasteiger partial charge in [-0.25, -0.2) is 0 Å². The van der Waals surface area contributed by atoms with Crippen molar-refractivity contribution in [1.82, 2.24) is 0 Å². The fourth-order valence-electron chi connectivity index (χ4n) is 2.95. The van der Waals surface area contributed by atoms with E-state index >= 15 is 0 Å². The highest BCUT2D eigenvalue weighted by atomic mass is 14.7. The molecular formula is C13H22BN. The Labute approximate surface area is 94.1 Å². The molecule has 0 aromatic heterocycles. The average Bonchev–Trinajstić information content (AvgIpc) is 2.56. The third-order valence-corrected chi connectivity index (χ3v) is 4.78. The third-order valence-electron chi connectivity index (χ3n) is 4.78. The Hall–Kier alpha value is -0.525. The molecule has 2 heterocycles. The fourth-order valence-corrected chi connectivity index (χ4v) is 2.95. The first-order chi connectivity index (χ1) is 6.82. The fraction of sp³-hybridized carbons (Fsp3) is 0.769. The summed E-state index contributed by atoms with van der Waals surface area (Å²) in [5.74, 6) is 0. The van der Waals surface area contributed by atoms with Gasteiger partial charge in [-0.3, -0.25) is 4.99 Å². The highest BCUT2D eigenvalue weighted by molar-refractivity contribution is 6.68.